The summed E-state index contributed by atoms with van der Waals surface area (Å²) < 4.78 is 0. The number of urea groups is 1. The smallest absolute Gasteiger partial charge is 0.317 e. The van der Waals surface area contributed by atoms with Crippen molar-refractivity contribution in [2.45, 2.75) is 18.9 Å². The summed E-state index contributed by atoms with van der Waals surface area (Å²) in [6.07, 6.45) is 1.97. The minimum Gasteiger partial charge on any atom is -0.338 e. The van der Waals surface area contributed by atoms with Gasteiger partial charge in [0.05, 0.1) is 0 Å². The first-order chi connectivity index (χ1) is 13.2. The van der Waals surface area contributed by atoms with Gasteiger partial charge < -0.3 is 15.1 Å². The van der Waals surface area contributed by atoms with Crippen LogP contribution in [0.4, 0.5) is 4.79 Å². The van der Waals surface area contributed by atoms with Crippen molar-refractivity contribution < 1.29 is 4.79 Å². The minimum absolute atomic E-state index is 0.0902. The van der Waals surface area contributed by atoms with Gasteiger partial charge >= 0.3 is 6.03 Å². The molecular formula is C22H30N4O. The molecule has 2 fully saturated rings. The summed E-state index contributed by atoms with van der Waals surface area (Å²) in [4.78, 5) is 19.4. The van der Waals surface area contributed by atoms with E-state index in [4.69, 9.17) is 0 Å². The van der Waals surface area contributed by atoms with Crippen molar-refractivity contribution in [3.8, 4) is 0 Å². The van der Waals surface area contributed by atoms with Gasteiger partial charge in [-0.25, -0.2) is 4.79 Å². The third-order valence-electron chi connectivity index (χ3n) is 6.01. The summed E-state index contributed by atoms with van der Waals surface area (Å²) in [6.45, 7) is 6.94. The second-order valence-corrected chi connectivity index (χ2v) is 7.89. The van der Waals surface area contributed by atoms with Crippen LogP contribution in [0.25, 0.3) is 10.8 Å². The standard InChI is InChI=1S/C22H30N4O/c1-24-12-14-25(15-13-24)21-9-11-26(17-21)22(27)23-10-8-18-6-7-19-4-2-3-5-20(19)16-18/h2-7,16,21H,8-15,17H2,1H3,(H,23,27)/t21-/m1/s1. The molecule has 0 unspecified atom stereocenters. The van der Waals surface area contributed by atoms with Gasteiger partial charge in [0.1, 0.15) is 0 Å². The fraction of sp³-hybridized carbons (Fsp3) is 0.500. The second-order valence-electron chi connectivity index (χ2n) is 7.89. The summed E-state index contributed by atoms with van der Waals surface area (Å²) in [7, 11) is 2.18. The van der Waals surface area contributed by atoms with Crippen LogP contribution in [-0.4, -0.2) is 79.6 Å². The van der Waals surface area contributed by atoms with Crippen molar-refractivity contribution >= 4 is 16.8 Å². The van der Waals surface area contributed by atoms with E-state index < -0.39 is 0 Å². The Balaban J connectivity index is 1.23. The number of carbonyl (C=O) groups excluding carboxylic acids is 1. The highest BCUT2D eigenvalue weighted by atomic mass is 16.2. The van der Waals surface area contributed by atoms with Gasteiger partial charge in [-0.05, 0) is 36.2 Å². The number of likely N-dealkylation sites (tertiary alicyclic amines) is 1. The summed E-state index contributed by atoms with van der Waals surface area (Å²) in [6, 6.07) is 15.6. The molecule has 5 nitrogen and oxygen atoms in total. The lowest BCUT2D eigenvalue weighted by Gasteiger charge is -2.36. The summed E-state index contributed by atoms with van der Waals surface area (Å²) >= 11 is 0. The topological polar surface area (TPSA) is 38.8 Å². The van der Waals surface area contributed by atoms with Crippen molar-refractivity contribution in [1.82, 2.24) is 20.0 Å². The molecule has 144 valence electrons. The molecule has 2 aliphatic heterocycles. The highest BCUT2D eigenvalue weighted by Crippen LogP contribution is 2.18. The number of hydrogen-bond donors (Lipinski definition) is 1. The average Bonchev–Trinajstić information content (AvgIpc) is 3.19. The highest BCUT2D eigenvalue weighted by Gasteiger charge is 2.31. The van der Waals surface area contributed by atoms with E-state index in [-0.39, 0.29) is 6.03 Å². The van der Waals surface area contributed by atoms with E-state index in [1.54, 1.807) is 0 Å². The van der Waals surface area contributed by atoms with Crippen molar-refractivity contribution in [2.75, 3.05) is 52.9 Å². The summed E-state index contributed by atoms with van der Waals surface area (Å²) in [5.41, 5.74) is 1.27. The maximum Gasteiger partial charge on any atom is 0.317 e. The summed E-state index contributed by atoms with van der Waals surface area (Å²) in [5.74, 6) is 0. The van der Waals surface area contributed by atoms with Crippen LogP contribution in [0.2, 0.25) is 0 Å². The van der Waals surface area contributed by atoms with Gasteiger partial charge in [-0.1, -0.05) is 42.5 Å². The monoisotopic (exact) mass is 366 g/mol. The number of nitrogens with zero attached hydrogens (tertiary/aromatic N) is 3. The Kier molecular flexibility index (Phi) is 5.60. The molecule has 2 saturated heterocycles. The van der Waals surface area contributed by atoms with E-state index in [0.717, 1.165) is 52.1 Å². The van der Waals surface area contributed by atoms with Crippen molar-refractivity contribution in [3.05, 3.63) is 48.0 Å². The molecule has 27 heavy (non-hydrogen) atoms. The van der Waals surface area contributed by atoms with E-state index in [9.17, 15) is 4.79 Å². The van der Waals surface area contributed by atoms with Crippen molar-refractivity contribution in [2.24, 2.45) is 0 Å². The van der Waals surface area contributed by atoms with Gasteiger partial charge in [-0.2, -0.15) is 0 Å². The molecule has 0 spiro atoms. The number of benzene rings is 2. The molecule has 0 radical (unpaired) electrons. The zero-order valence-electron chi connectivity index (χ0n) is 16.2. The van der Waals surface area contributed by atoms with Crippen LogP contribution in [0.3, 0.4) is 0 Å². The van der Waals surface area contributed by atoms with Crippen LogP contribution in [0, 0.1) is 0 Å². The minimum atomic E-state index is 0.0902. The molecule has 0 aromatic heterocycles. The zero-order valence-corrected chi connectivity index (χ0v) is 16.2. The molecule has 1 atom stereocenters. The van der Waals surface area contributed by atoms with Gasteiger partial charge in [-0.3, -0.25) is 4.90 Å². The lowest BCUT2D eigenvalue weighted by Crippen LogP contribution is -2.50. The van der Waals surface area contributed by atoms with Gasteiger partial charge in [0.25, 0.3) is 0 Å². The Morgan fingerprint density at radius 2 is 1.81 bits per heavy atom. The number of nitrogens with one attached hydrogen (secondary N) is 1. The van der Waals surface area contributed by atoms with Crippen LogP contribution in [-0.2, 0) is 6.42 Å². The van der Waals surface area contributed by atoms with Crippen LogP contribution in [0.5, 0.6) is 0 Å². The predicted molar refractivity (Wildman–Crippen MR) is 110 cm³/mol. The fourth-order valence-electron chi connectivity index (χ4n) is 4.23. The number of fused-ring (bicyclic) bond motifs is 1. The molecule has 2 aromatic carbocycles. The van der Waals surface area contributed by atoms with Gasteiger partial charge in [0.15, 0.2) is 0 Å². The second kappa shape index (κ2) is 8.28. The Hall–Kier alpha value is -2.11. The molecule has 0 bridgehead atoms. The van der Waals surface area contributed by atoms with Crippen LogP contribution >= 0.6 is 0 Å². The molecule has 0 aliphatic carbocycles. The van der Waals surface area contributed by atoms with E-state index in [2.05, 4.69) is 64.6 Å². The molecule has 2 amide bonds. The largest absolute Gasteiger partial charge is 0.338 e. The number of amides is 2. The van der Waals surface area contributed by atoms with Gasteiger partial charge in [0.2, 0.25) is 0 Å². The third kappa shape index (κ3) is 4.42. The third-order valence-corrected chi connectivity index (χ3v) is 6.01. The van der Waals surface area contributed by atoms with Crippen LogP contribution in [0.15, 0.2) is 42.5 Å². The zero-order chi connectivity index (χ0) is 18.6. The number of piperazine rings is 1. The normalized spacial score (nSPS) is 21.7. The molecular weight excluding hydrogens is 336 g/mol. The lowest BCUT2D eigenvalue weighted by atomic mass is 10.1. The molecule has 1 N–H and O–H groups in total. The highest BCUT2D eigenvalue weighted by molar-refractivity contribution is 5.83. The molecule has 2 heterocycles. The van der Waals surface area contributed by atoms with Crippen LogP contribution in [0.1, 0.15) is 12.0 Å². The van der Waals surface area contributed by atoms with E-state index in [1.165, 1.54) is 16.3 Å². The van der Waals surface area contributed by atoms with Crippen molar-refractivity contribution in [3.63, 3.8) is 0 Å². The number of likely N-dealkylation sites (N-methyl/N-ethyl adjacent to an activating group) is 1. The van der Waals surface area contributed by atoms with Gasteiger partial charge in [-0.15, -0.1) is 0 Å². The number of hydrogen-bond acceptors (Lipinski definition) is 3. The average molecular weight is 367 g/mol. The Labute approximate surface area is 161 Å². The number of carbonyl (C=O) groups is 1. The lowest BCUT2D eigenvalue weighted by molar-refractivity contribution is 0.114. The van der Waals surface area contributed by atoms with E-state index in [0.29, 0.717) is 12.6 Å². The Morgan fingerprint density at radius 3 is 2.63 bits per heavy atom. The first-order valence-corrected chi connectivity index (χ1v) is 10.1. The molecule has 0 saturated carbocycles. The molecule has 4 rings (SSSR count). The van der Waals surface area contributed by atoms with E-state index >= 15 is 0 Å². The molecule has 2 aliphatic rings. The summed E-state index contributed by atoms with van der Waals surface area (Å²) in [5, 5.41) is 5.63. The molecule has 2 aromatic rings. The fourth-order valence-corrected chi connectivity index (χ4v) is 4.23. The van der Waals surface area contributed by atoms with Crippen molar-refractivity contribution in [1.29, 1.82) is 0 Å². The van der Waals surface area contributed by atoms with Crippen LogP contribution < -0.4 is 5.32 Å². The van der Waals surface area contributed by atoms with Gasteiger partial charge in [0, 0.05) is 51.9 Å². The SMILES string of the molecule is CN1CCN([C@@H]2CCN(C(=O)NCCc3ccc4ccccc4c3)C2)CC1. The quantitative estimate of drug-likeness (QED) is 0.903. The Bertz CT molecular complexity index is 785. The first-order valence-electron chi connectivity index (χ1n) is 10.1. The predicted octanol–water partition coefficient (Wildman–Crippen LogP) is 2.41. The number of rotatable bonds is 4. The maximum atomic E-state index is 12.5. The van der Waals surface area contributed by atoms with E-state index in [1.807, 2.05) is 4.90 Å². The Morgan fingerprint density at radius 1 is 1.04 bits per heavy atom. The maximum absolute atomic E-state index is 12.5. The first kappa shape index (κ1) is 18.3. The molecule has 5 heteroatoms.